The highest BCUT2D eigenvalue weighted by molar-refractivity contribution is 5.76. The van der Waals surface area contributed by atoms with Crippen LogP contribution in [0.5, 0.6) is 0 Å². The molecule has 5 rings (SSSR count). The molecule has 0 aliphatic heterocycles. The summed E-state index contributed by atoms with van der Waals surface area (Å²) in [5, 5.41) is 21.1. The minimum atomic E-state index is -0.536. The number of carboxylic acid groups (broad SMARTS) is 1. The van der Waals surface area contributed by atoms with E-state index in [4.69, 9.17) is 0 Å². The largest absolute Gasteiger partial charge is 0.481 e. The van der Waals surface area contributed by atoms with Gasteiger partial charge in [0.05, 0.1) is 5.41 Å². The lowest BCUT2D eigenvalue weighted by Gasteiger charge is -2.73. The van der Waals surface area contributed by atoms with E-state index >= 15 is 0 Å². The van der Waals surface area contributed by atoms with Gasteiger partial charge < -0.3 is 10.2 Å². The first-order chi connectivity index (χ1) is 15.8. The molecule has 0 aromatic heterocycles. The zero-order chi connectivity index (χ0) is 24.9. The van der Waals surface area contributed by atoms with Crippen molar-refractivity contribution in [3.63, 3.8) is 0 Å². The fourth-order valence-electron chi connectivity index (χ4n) is 11.8. The van der Waals surface area contributed by atoms with Gasteiger partial charge in [-0.3, -0.25) is 4.79 Å². The summed E-state index contributed by atoms with van der Waals surface area (Å²) >= 11 is 0. The second-order valence-electron chi connectivity index (χ2n) is 14.8. The predicted octanol–water partition coefficient (Wildman–Crippen LogP) is 7.34. The first kappa shape index (κ1) is 24.8. The Morgan fingerprint density at radius 2 is 1.59 bits per heavy atom. The van der Waals surface area contributed by atoms with E-state index in [1.54, 1.807) is 0 Å². The molecule has 0 spiro atoms. The standard InChI is InChI=1S/C31H50O3/c1-19(2)21-11-15-31(26(33)34)17-16-29(6)22(25(21)31)8-9-24-27(4)13-10-20(3)28(5,18-32)23(27)12-14-30(24,29)7/h20-25,32H,1,8-18H2,2-7H3,(H,33,34)/t20-,21?,22?,23?,24?,25?,27-,28+,29+,30+,31-/m0/s1. The molecule has 0 saturated heterocycles. The molecule has 0 radical (unpaired) electrons. The highest BCUT2D eigenvalue weighted by Gasteiger charge is 2.72. The van der Waals surface area contributed by atoms with Crippen LogP contribution in [0.1, 0.15) is 106 Å². The van der Waals surface area contributed by atoms with Gasteiger partial charge in [-0.2, -0.15) is 0 Å². The van der Waals surface area contributed by atoms with Gasteiger partial charge in [0, 0.05) is 6.61 Å². The molecule has 0 bridgehead atoms. The minimum absolute atomic E-state index is 0.0214. The Kier molecular flexibility index (Phi) is 5.55. The van der Waals surface area contributed by atoms with Crippen LogP contribution in [-0.4, -0.2) is 22.8 Å². The summed E-state index contributed by atoms with van der Waals surface area (Å²) in [4.78, 5) is 12.8. The number of allylic oxidation sites excluding steroid dienone is 1. The Hall–Kier alpha value is -0.830. The first-order valence-electron chi connectivity index (χ1n) is 14.3. The maximum atomic E-state index is 12.8. The monoisotopic (exact) mass is 470 g/mol. The van der Waals surface area contributed by atoms with E-state index in [1.807, 2.05) is 0 Å². The van der Waals surface area contributed by atoms with Crippen LogP contribution in [0.25, 0.3) is 0 Å². The summed E-state index contributed by atoms with van der Waals surface area (Å²) in [5.41, 5.74) is 1.40. The fourth-order valence-corrected chi connectivity index (χ4v) is 11.8. The van der Waals surface area contributed by atoms with Gasteiger partial charge in [0.2, 0.25) is 0 Å². The van der Waals surface area contributed by atoms with Gasteiger partial charge in [0.15, 0.2) is 0 Å². The molecular weight excluding hydrogens is 420 g/mol. The molecule has 11 atom stereocenters. The van der Waals surface area contributed by atoms with Crippen molar-refractivity contribution in [1.29, 1.82) is 0 Å². The van der Waals surface area contributed by atoms with E-state index in [1.165, 1.54) is 44.1 Å². The Bertz CT molecular complexity index is 880. The van der Waals surface area contributed by atoms with Crippen molar-refractivity contribution >= 4 is 5.97 Å². The molecule has 5 saturated carbocycles. The van der Waals surface area contributed by atoms with Crippen molar-refractivity contribution in [2.24, 2.45) is 62.6 Å². The molecule has 0 aromatic carbocycles. The van der Waals surface area contributed by atoms with E-state index in [0.717, 1.165) is 25.7 Å². The Morgan fingerprint density at radius 3 is 2.21 bits per heavy atom. The maximum Gasteiger partial charge on any atom is 0.309 e. The fraction of sp³-hybridized carbons (Fsp3) is 0.903. The summed E-state index contributed by atoms with van der Waals surface area (Å²) in [5.74, 6) is 2.39. The van der Waals surface area contributed by atoms with Crippen molar-refractivity contribution in [2.75, 3.05) is 6.61 Å². The number of aliphatic carboxylic acids is 1. The molecule has 0 aromatic rings. The van der Waals surface area contributed by atoms with E-state index in [0.29, 0.717) is 36.2 Å². The smallest absolute Gasteiger partial charge is 0.309 e. The quantitative estimate of drug-likeness (QED) is 0.424. The number of hydrogen-bond donors (Lipinski definition) is 2. The summed E-state index contributed by atoms with van der Waals surface area (Å²) in [6.45, 7) is 19.3. The van der Waals surface area contributed by atoms with Gasteiger partial charge in [0.1, 0.15) is 0 Å². The zero-order valence-corrected chi connectivity index (χ0v) is 22.8. The average molecular weight is 471 g/mol. The second-order valence-corrected chi connectivity index (χ2v) is 14.8. The van der Waals surface area contributed by atoms with Crippen LogP contribution < -0.4 is 0 Å². The Balaban J connectivity index is 1.56. The van der Waals surface area contributed by atoms with E-state index in [-0.39, 0.29) is 27.6 Å². The van der Waals surface area contributed by atoms with Crippen molar-refractivity contribution in [1.82, 2.24) is 0 Å². The van der Waals surface area contributed by atoms with E-state index < -0.39 is 11.4 Å². The molecule has 5 fully saturated rings. The number of aliphatic hydroxyl groups excluding tert-OH is 1. The number of carbonyl (C=O) groups is 1. The zero-order valence-electron chi connectivity index (χ0n) is 22.8. The third-order valence-corrected chi connectivity index (χ3v) is 14.1. The normalized spacial score (nSPS) is 56.6. The molecule has 192 valence electrons. The van der Waals surface area contributed by atoms with Crippen LogP contribution in [0, 0.1) is 62.6 Å². The molecular formula is C31H50O3. The van der Waals surface area contributed by atoms with Crippen LogP contribution in [0.15, 0.2) is 12.2 Å². The number of rotatable bonds is 3. The number of fused-ring (bicyclic) bond motifs is 7. The summed E-state index contributed by atoms with van der Waals surface area (Å²) in [7, 11) is 0. The number of hydrogen-bond acceptors (Lipinski definition) is 2. The summed E-state index contributed by atoms with van der Waals surface area (Å²) in [6.07, 6.45) is 11.1. The molecule has 2 N–H and O–H groups in total. The predicted molar refractivity (Wildman–Crippen MR) is 137 cm³/mol. The Labute approximate surface area is 208 Å². The average Bonchev–Trinajstić information content (AvgIpc) is 3.18. The van der Waals surface area contributed by atoms with Gasteiger partial charge in [-0.05, 0) is 128 Å². The molecule has 0 heterocycles. The van der Waals surface area contributed by atoms with Gasteiger partial charge in [-0.25, -0.2) is 0 Å². The molecule has 0 amide bonds. The van der Waals surface area contributed by atoms with E-state index in [2.05, 4.69) is 48.1 Å². The van der Waals surface area contributed by atoms with Crippen molar-refractivity contribution in [2.45, 2.75) is 106 Å². The molecule has 5 aliphatic rings. The van der Waals surface area contributed by atoms with Crippen LogP contribution in [0.2, 0.25) is 0 Å². The van der Waals surface area contributed by atoms with Gasteiger partial charge >= 0.3 is 5.97 Å². The molecule has 34 heavy (non-hydrogen) atoms. The molecule has 3 heteroatoms. The van der Waals surface area contributed by atoms with Gasteiger partial charge in [0.25, 0.3) is 0 Å². The summed E-state index contributed by atoms with van der Waals surface area (Å²) in [6, 6.07) is 0. The second kappa shape index (κ2) is 7.59. The highest BCUT2D eigenvalue weighted by Crippen LogP contribution is 2.77. The maximum absolute atomic E-state index is 12.8. The Morgan fingerprint density at radius 1 is 0.882 bits per heavy atom. The highest BCUT2D eigenvalue weighted by atomic mass is 16.4. The van der Waals surface area contributed by atoms with E-state index in [9.17, 15) is 15.0 Å². The molecule has 5 aliphatic carbocycles. The number of aliphatic hydroxyl groups is 1. The third-order valence-electron chi connectivity index (χ3n) is 14.1. The third kappa shape index (κ3) is 2.77. The first-order valence-corrected chi connectivity index (χ1v) is 14.3. The molecule has 3 nitrogen and oxygen atoms in total. The van der Waals surface area contributed by atoms with Crippen molar-refractivity contribution < 1.29 is 15.0 Å². The number of carboxylic acids is 1. The summed E-state index contributed by atoms with van der Waals surface area (Å²) < 4.78 is 0. The van der Waals surface area contributed by atoms with Crippen molar-refractivity contribution in [3.05, 3.63) is 12.2 Å². The van der Waals surface area contributed by atoms with Gasteiger partial charge in [-0.15, -0.1) is 0 Å². The van der Waals surface area contributed by atoms with Crippen LogP contribution in [0.4, 0.5) is 0 Å². The van der Waals surface area contributed by atoms with Crippen LogP contribution in [-0.2, 0) is 4.79 Å². The van der Waals surface area contributed by atoms with Crippen LogP contribution >= 0.6 is 0 Å². The minimum Gasteiger partial charge on any atom is -0.481 e. The lowest BCUT2D eigenvalue weighted by atomic mass is 9.32. The van der Waals surface area contributed by atoms with Gasteiger partial charge in [-0.1, -0.05) is 46.8 Å². The lowest BCUT2D eigenvalue weighted by molar-refractivity contribution is -0.247. The molecule has 5 unspecified atom stereocenters. The SMILES string of the molecule is C=C(C)C1CC[C@]2(C(=O)O)CC[C@]3(C)C(CCC4[C@@]5(C)CC[C@H](C)[C@@](C)(CO)C5CC[C@]43C)C12. The topological polar surface area (TPSA) is 57.5 Å². The van der Waals surface area contributed by atoms with Crippen molar-refractivity contribution in [3.8, 4) is 0 Å². The lowest BCUT2D eigenvalue weighted by Crippen LogP contribution is -2.67. The van der Waals surface area contributed by atoms with Crippen LogP contribution in [0.3, 0.4) is 0 Å².